The molecule has 0 unspecified atom stereocenters. The Morgan fingerprint density at radius 1 is 1.12 bits per heavy atom. The summed E-state index contributed by atoms with van der Waals surface area (Å²) < 4.78 is 15.8. The number of benzene rings is 1. The average molecular weight is 326 g/mol. The Labute approximate surface area is 133 Å². The summed E-state index contributed by atoms with van der Waals surface area (Å²) in [5.74, 6) is -0.335. The fourth-order valence-corrected chi connectivity index (χ4v) is 2.50. The number of nitrogens with zero attached hydrogens (tertiary/aromatic N) is 6. The first-order valence-electron chi connectivity index (χ1n) is 7.15. The van der Waals surface area contributed by atoms with E-state index in [1.165, 1.54) is 27.5 Å². The van der Waals surface area contributed by atoms with Gasteiger partial charge in [0.05, 0.1) is 19.3 Å². The van der Waals surface area contributed by atoms with E-state index in [1.54, 1.807) is 18.3 Å². The van der Waals surface area contributed by atoms with E-state index in [0.717, 1.165) is 5.56 Å². The predicted octanol–water partition coefficient (Wildman–Crippen LogP) is 0.633. The van der Waals surface area contributed by atoms with Gasteiger partial charge in [0, 0.05) is 5.56 Å². The van der Waals surface area contributed by atoms with Gasteiger partial charge in [-0.15, -0.1) is 10.2 Å². The smallest absolute Gasteiger partial charge is 0.283 e. The minimum Gasteiger partial charge on any atom is -0.395 e. The molecule has 3 heterocycles. The third-order valence-corrected chi connectivity index (χ3v) is 3.68. The first-order valence-corrected chi connectivity index (χ1v) is 7.15. The molecule has 0 aliphatic rings. The standard InChI is InChI=1S/C15H11FN6O2/c16-10-3-1-9(2-4-10)11-7-18-22-13(11)20-19-12-14(22)17-8-21(5-6-23)15(12)24/h1-4,7-8,23H,5-6H2. The summed E-state index contributed by atoms with van der Waals surface area (Å²) in [5.41, 5.74) is 1.74. The van der Waals surface area contributed by atoms with Crippen LogP contribution >= 0.6 is 0 Å². The zero-order valence-corrected chi connectivity index (χ0v) is 12.3. The van der Waals surface area contributed by atoms with E-state index in [9.17, 15) is 9.18 Å². The molecule has 120 valence electrons. The van der Waals surface area contributed by atoms with Crippen LogP contribution in [0.25, 0.3) is 27.9 Å². The molecule has 24 heavy (non-hydrogen) atoms. The van der Waals surface area contributed by atoms with Gasteiger partial charge in [0.2, 0.25) is 0 Å². The predicted molar refractivity (Wildman–Crippen MR) is 82.8 cm³/mol. The van der Waals surface area contributed by atoms with Crippen LogP contribution in [0, 0.1) is 5.82 Å². The lowest BCUT2D eigenvalue weighted by Crippen LogP contribution is -2.24. The molecule has 1 aromatic carbocycles. The van der Waals surface area contributed by atoms with Crippen molar-refractivity contribution < 1.29 is 9.50 Å². The molecule has 0 fully saturated rings. The number of fused-ring (bicyclic) bond motifs is 3. The summed E-state index contributed by atoms with van der Waals surface area (Å²) in [6.07, 6.45) is 2.90. The molecular weight excluding hydrogens is 315 g/mol. The SMILES string of the molecule is O=c1c2nnc3c(-c4ccc(F)cc4)cnn3c2ncn1CCO. The lowest BCUT2D eigenvalue weighted by atomic mass is 10.1. The van der Waals surface area contributed by atoms with Gasteiger partial charge in [0.15, 0.2) is 16.8 Å². The number of halogens is 1. The number of hydrogen-bond donors (Lipinski definition) is 1. The molecule has 0 atom stereocenters. The van der Waals surface area contributed by atoms with Crippen LogP contribution in [0.15, 0.2) is 41.6 Å². The van der Waals surface area contributed by atoms with Gasteiger partial charge in [-0.05, 0) is 17.7 Å². The van der Waals surface area contributed by atoms with Gasteiger partial charge in [-0.1, -0.05) is 12.1 Å². The highest BCUT2D eigenvalue weighted by Gasteiger charge is 2.15. The van der Waals surface area contributed by atoms with E-state index in [4.69, 9.17) is 5.11 Å². The van der Waals surface area contributed by atoms with Crippen molar-refractivity contribution in [2.24, 2.45) is 0 Å². The largest absolute Gasteiger partial charge is 0.395 e. The maximum absolute atomic E-state index is 13.1. The number of aromatic nitrogens is 6. The van der Waals surface area contributed by atoms with Crippen LogP contribution in [0.3, 0.4) is 0 Å². The lowest BCUT2D eigenvalue weighted by Gasteiger charge is -2.04. The van der Waals surface area contributed by atoms with Gasteiger partial charge in [-0.25, -0.2) is 9.37 Å². The van der Waals surface area contributed by atoms with Crippen molar-refractivity contribution >= 4 is 16.8 Å². The van der Waals surface area contributed by atoms with E-state index >= 15 is 0 Å². The van der Waals surface area contributed by atoms with Gasteiger partial charge in [-0.3, -0.25) is 9.36 Å². The van der Waals surface area contributed by atoms with E-state index in [2.05, 4.69) is 20.3 Å². The zero-order chi connectivity index (χ0) is 16.7. The van der Waals surface area contributed by atoms with Crippen molar-refractivity contribution in [3.05, 3.63) is 53.0 Å². The van der Waals surface area contributed by atoms with E-state index in [1.807, 2.05) is 0 Å². The second-order valence-electron chi connectivity index (χ2n) is 5.14. The Hall–Kier alpha value is -3.20. The summed E-state index contributed by atoms with van der Waals surface area (Å²) in [4.78, 5) is 16.5. The van der Waals surface area contributed by atoms with Crippen molar-refractivity contribution in [1.82, 2.24) is 29.4 Å². The summed E-state index contributed by atoms with van der Waals surface area (Å²) >= 11 is 0. The van der Waals surface area contributed by atoms with Crippen molar-refractivity contribution in [2.75, 3.05) is 6.61 Å². The van der Waals surface area contributed by atoms with Gasteiger partial charge in [0.1, 0.15) is 12.1 Å². The molecule has 4 rings (SSSR count). The molecule has 0 bridgehead atoms. The molecule has 4 aromatic rings. The average Bonchev–Trinajstić information content (AvgIpc) is 3.02. The van der Waals surface area contributed by atoms with Crippen LogP contribution in [-0.4, -0.2) is 41.1 Å². The molecule has 0 spiro atoms. The Morgan fingerprint density at radius 2 is 1.92 bits per heavy atom. The molecule has 1 N–H and O–H groups in total. The van der Waals surface area contributed by atoms with Crippen LogP contribution in [-0.2, 0) is 6.54 Å². The zero-order valence-electron chi connectivity index (χ0n) is 12.3. The lowest BCUT2D eigenvalue weighted by molar-refractivity contribution is 0.274. The maximum Gasteiger partial charge on any atom is 0.283 e. The summed E-state index contributed by atoms with van der Waals surface area (Å²) in [7, 11) is 0. The minimum absolute atomic E-state index is 0.0622. The molecule has 3 aromatic heterocycles. The topological polar surface area (TPSA) is 98.2 Å². The van der Waals surface area contributed by atoms with Gasteiger partial charge in [-0.2, -0.15) is 9.61 Å². The van der Waals surface area contributed by atoms with E-state index in [-0.39, 0.29) is 30.1 Å². The molecular formula is C15H11FN6O2. The minimum atomic E-state index is -0.401. The molecule has 9 heteroatoms. The van der Waals surface area contributed by atoms with Crippen molar-refractivity contribution in [3.63, 3.8) is 0 Å². The van der Waals surface area contributed by atoms with Gasteiger partial charge in [0.25, 0.3) is 5.56 Å². The van der Waals surface area contributed by atoms with Gasteiger partial charge < -0.3 is 5.11 Å². The Bertz CT molecular complexity index is 1100. The number of aliphatic hydroxyl groups is 1. The molecule has 0 aliphatic carbocycles. The van der Waals surface area contributed by atoms with Crippen LogP contribution in [0.4, 0.5) is 4.39 Å². The molecule has 8 nitrogen and oxygen atoms in total. The fraction of sp³-hybridized carbons (Fsp3) is 0.133. The highest BCUT2D eigenvalue weighted by molar-refractivity contribution is 5.80. The highest BCUT2D eigenvalue weighted by Crippen LogP contribution is 2.24. The van der Waals surface area contributed by atoms with Crippen LogP contribution in [0.2, 0.25) is 0 Å². The Kier molecular flexibility index (Phi) is 3.28. The van der Waals surface area contributed by atoms with Crippen molar-refractivity contribution in [2.45, 2.75) is 6.54 Å². The number of aliphatic hydroxyl groups excluding tert-OH is 1. The van der Waals surface area contributed by atoms with Crippen LogP contribution in [0.5, 0.6) is 0 Å². The number of hydrogen-bond acceptors (Lipinski definition) is 6. The fourth-order valence-electron chi connectivity index (χ4n) is 2.50. The summed E-state index contributed by atoms with van der Waals surface area (Å²) in [6, 6.07) is 5.92. The second-order valence-corrected chi connectivity index (χ2v) is 5.14. The monoisotopic (exact) mass is 326 g/mol. The van der Waals surface area contributed by atoms with Crippen LogP contribution in [0.1, 0.15) is 0 Å². The van der Waals surface area contributed by atoms with E-state index in [0.29, 0.717) is 11.2 Å². The quantitative estimate of drug-likeness (QED) is 0.593. The van der Waals surface area contributed by atoms with Gasteiger partial charge >= 0.3 is 0 Å². The number of rotatable bonds is 3. The Morgan fingerprint density at radius 3 is 2.67 bits per heavy atom. The molecule has 0 saturated carbocycles. The third kappa shape index (κ3) is 2.14. The molecule has 0 amide bonds. The maximum atomic E-state index is 13.1. The molecule has 0 saturated heterocycles. The van der Waals surface area contributed by atoms with Crippen molar-refractivity contribution in [1.29, 1.82) is 0 Å². The second kappa shape index (κ2) is 5.46. The summed E-state index contributed by atoms with van der Waals surface area (Å²) in [6.45, 7) is -0.0549. The van der Waals surface area contributed by atoms with E-state index < -0.39 is 5.56 Å². The molecule has 0 aliphatic heterocycles. The highest BCUT2D eigenvalue weighted by atomic mass is 19.1. The first-order chi connectivity index (χ1) is 11.7. The normalized spacial score (nSPS) is 11.4. The third-order valence-electron chi connectivity index (χ3n) is 3.68. The molecule has 0 radical (unpaired) electrons. The first kappa shape index (κ1) is 14.4. The Balaban J connectivity index is 1.96. The summed E-state index contributed by atoms with van der Waals surface area (Å²) in [5, 5.41) is 21.2. The van der Waals surface area contributed by atoms with Crippen molar-refractivity contribution in [3.8, 4) is 11.1 Å². The van der Waals surface area contributed by atoms with Crippen LogP contribution < -0.4 is 5.56 Å².